The van der Waals surface area contributed by atoms with Gasteiger partial charge in [-0.15, -0.1) is 0 Å². The molecule has 1 aliphatic rings. The predicted molar refractivity (Wildman–Crippen MR) is 158 cm³/mol. The summed E-state index contributed by atoms with van der Waals surface area (Å²) in [6, 6.07) is 19.2. The van der Waals surface area contributed by atoms with E-state index < -0.39 is 27.9 Å². The summed E-state index contributed by atoms with van der Waals surface area (Å²) in [4.78, 5) is 41.8. The minimum Gasteiger partial charge on any atom is -0.352 e. The van der Waals surface area contributed by atoms with Crippen LogP contribution in [0.25, 0.3) is 0 Å². The third kappa shape index (κ3) is 6.92. The Morgan fingerprint density at radius 2 is 1.63 bits per heavy atom. The molecule has 0 aliphatic carbocycles. The molecule has 0 aromatic heterocycles. The Kier molecular flexibility index (Phi) is 9.73. The number of nitrogens with zero attached hydrogens (tertiary/aromatic N) is 2. The molecule has 1 heterocycles. The zero-order valence-electron chi connectivity index (χ0n) is 22.7. The minimum atomic E-state index is -4.09. The Morgan fingerprint density at radius 1 is 0.951 bits per heavy atom. The average molecular weight is 617 g/mol. The number of sulfonamides is 1. The van der Waals surface area contributed by atoms with Crippen molar-refractivity contribution in [2.75, 3.05) is 6.54 Å². The van der Waals surface area contributed by atoms with Gasteiger partial charge >= 0.3 is 0 Å². The summed E-state index contributed by atoms with van der Waals surface area (Å²) in [7, 11) is -4.09. The lowest BCUT2D eigenvalue weighted by molar-refractivity contribution is -0.141. The smallest absolute Gasteiger partial charge is 0.269 e. The second-order valence-corrected chi connectivity index (χ2v) is 12.6. The van der Waals surface area contributed by atoms with Crippen molar-refractivity contribution < 1.29 is 22.8 Å². The van der Waals surface area contributed by atoms with Gasteiger partial charge in [0.2, 0.25) is 11.8 Å². The van der Waals surface area contributed by atoms with Crippen LogP contribution in [-0.2, 0) is 32.6 Å². The van der Waals surface area contributed by atoms with Gasteiger partial charge in [-0.05, 0) is 48.7 Å². The molecule has 216 valence electrons. The van der Waals surface area contributed by atoms with E-state index in [2.05, 4.69) is 5.32 Å². The first kappa shape index (κ1) is 30.6. The van der Waals surface area contributed by atoms with Gasteiger partial charge in [0.05, 0.1) is 15.6 Å². The molecule has 3 aromatic carbocycles. The number of halogens is 2. The Morgan fingerprint density at radius 3 is 2.29 bits per heavy atom. The molecule has 3 aromatic rings. The molecule has 4 rings (SSSR count). The van der Waals surface area contributed by atoms with E-state index in [9.17, 15) is 22.8 Å². The van der Waals surface area contributed by atoms with Gasteiger partial charge in [-0.3, -0.25) is 14.4 Å². The first-order chi connectivity index (χ1) is 19.5. The van der Waals surface area contributed by atoms with Crippen LogP contribution in [0.5, 0.6) is 0 Å². The lowest BCUT2D eigenvalue weighted by Gasteiger charge is -2.33. The van der Waals surface area contributed by atoms with Gasteiger partial charge in [0, 0.05) is 32.0 Å². The topological polar surface area (TPSA) is 104 Å². The quantitative estimate of drug-likeness (QED) is 0.324. The summed E-state index contributed by atoms with van der Waals surface area (Å²) >= 11 is 12.4. The number of fused-ring (bicyclic) bond motifs is 1. The first-order valence-corrected chi connectivity index (χ1v) is 15.5. The largest absolute Gasteiger partial charge is 0.352 e. The predicted octanol–water partition coefficient (Wildman–Crippen LogP) is 5.08. The van der Waals surface area contributed by atoms with Crippen LogP contribution in [-0.4, -0.2) is 54.0 Å². The molecule has 0 fully saturated rings. The molecule has 41 heavy (non-hydrogen) atoms. The van der Waals surface area contributed by atoms with Crippen LogP contribution in [0.4, 0.5) is 0 Å². The van der Waals surface area contributed by atoms with Gasteiger partial charge < -0.3 is 10.2 Å². The highest BCUT2D eigenvalue weighted by molar-refractivity contribution is 7.90. The number of rotatable bonds is 11. The van der Waals surface area contributed by atoms with Gasteiger partial charge in [-0.25, -0.2) is 12.7 Å². The molecule has 2 atom stereocenters. The number of amides is 3. The maximum absolute atomic E-state index is 13.9. The fourth-order valence-corrected chi connectivity index (χ4v) is 6.51. The Balaban J connectivity index is 1.66. The van der Waals surface area contributed by atoms with Crippen molar-refractivity contribution in [3.63, 3.8) is 0 Å². The number of hydrogen-bond donors (Lipinski definition) is 1. The molecule has 0 saturated heterocycles. The van der Waals surface area contributed by atoms with Crippen molar-refractivity contribution in [1.29, 1.82) is 0 Å². The van der Waals surface area contributed by atoms with Gasteiger partial charge in [0.1, 0.15) is 10.9 Å². The highest BCUT2D eigenvalue weighted by atomic mass is 35.5. The van der Waals surface area contributed by atoms with E-state index in [0.717, 1.165) is 9.87 Å². The van der Waals surface area contributed by atoms with Crippen LogP contribution in [0.1, 0.15) is 48.2 Å². The molecule has 0 spiro atoms. The van der Waals surface area contributed by atoms with Gasteiger partial charge in [-0.2, -0.15) is 0 Å². The highest BCUT2D eigenvalue weighted by Gasteiger charge is 2.41. The fourth-order valence-electron chi connectivity index (χ4n) is 4.62. The van der Waals surface area contributed by atoms with E-state index in [1.165, 1.54) is 17.0 Å². The maximum atomic E-state index is 13.9. The van der Waals surface area contributed by atoms with Gasteiger partial charge in [-0.1, -0.05) is 78.7 Å². The van der Waals surface area contributed by atoms with E-state index in [1.54, 1.807) is 30.3 Å². The molecular weight excluding hydrogens is 585 g/mol. The number of benzene rings is 3. The third-order valence-corrected chi connectivity index (χ3v) is 9.63. The second kappa shape index (κ2) is 13.1. The van der Waals surface area contributed by atoms with Crippen LogP contribution in [0.15, 0.2) is 77.7 Å². The molecule has 3 amide bonds. The van der Waals surface area contributed by atoms with Crippen LogP contribution in [0, 0.1) is 0 Å². The minimum absolute atomic E-state index is 0.0159. The second-order valence-electron chi connectivity index (χ2n) is 9.92. The van der Waals surface area contributed by atoms with Crippen molar-refractivity contribution in [2.45, 2.75) is 56.6 Å². The van der Waals surface area contributed by atoms with Gasteiger partial charge in [0.25, 0.3) is 15.9 Å². The van der Waals surface area contributed by atoms with Crippen molar-refractivity contribution in [2.24, 2.45) is 0 Å². The lowest BCUT2D eigenvalue weighted by atomic mass is 10.0. The third-order valence-electron chi connectivity index (χ3n) is 7.05. The average Bonchev–Trinajstić information content (AvgIpc) is 3.15. The van der Waals surface area contributed by atoms with Crippen molar-refractivity contribution >= 4 is 50.9 Å². The normalized spacial score (nSPS) is 15.2. The van der Waals surface area contributed by atoms with Crippen LogP contribution < -0.4 is 5.32 Å². The van der Waals surface area contributed by atoms with Crippen LogP contribution in [0.2, 0.25) is 10.0 Å². The van der Waals surface area contributed by atoms with Crippen LogP contribution >= 0.6 is 23.2 Å². The molecule has 0 saturated carbocycles. The van der Waals surface area contributed by atoms with Crippen LogP contribution in [0.3, 0.4) is 0 Å². The van der Waals surface area contributed by atoms with E-state index in [4.69, 9.17) is 23.2 Å². The summed E-state index contributed by atoms with van der Waals surface area (Å²) in [5.74, 6) is -1.51. The molecule has 0 radical (unpaired) electrons. The monoisotopic (exact) mass is 615 g/mol. The lowest BCUT2D eigenvalue weighted by Crippen LogP contribution is -2.52. The van der Waals surface area contributed by atoms with E-state index in [0.29, 0.717) is 22.0 Å². The van der Waals surface area contributed by atoms with E-state index >= 15 is 0 Å². The van der Waals surface area contributed by atoms with E-state index in [-0.39, 0.29) is 48.3 Å². The Bertz CT molecular complexity index is 1550. The summed E-state index contributed by atoms with van der Waals surface area (Å²) in [6.07, 6.45) is 0.602. The summed E-state index contributed by atoms with van der Waals surface area (Å²) < 4.78 is 26.8. The summed E-state index contributed by atoms with van der Waals surface area (Å²) in [6.45, 7) is 3.48. The molecule has 0 unspecified atom stereocenters. The molecule has 1 aliphatic heterocycles. The van der Waals surface area contributed by atoms with Crippen molar-refractivity contribution in [3.8, 4) is 0 Å². The van der Waals surface area contributed by atoms with Crippen molar-refractivity contribution in [3.05, 3.63) is 99.5 Å². The zero-order chi connectivity index (χ0) is 29.7. The SMILES string of the molecule is CC[C@@H](C)NC(=O)[C@H](Cc1ccccc1)N(Cc1ccc(Cl)c(Cl)c1)C(=O)CCN1C(=O)c2ccccc2S1(=O)=O. The fraction of sp³-hybridized carbons (Fsp3) is 0.300. The number of carbonyl (C=O) groups is 3. The molecular formula is C30H31Cl2N3O5S. The number of carbonyl (C=O) groups excluding carboxylic acids is 3. The number of hydrogen-bond acceptors (Lipinski definition) is 5. The number of nitrogens with one attached hydrogen (secondary N) is 1. The Hall–Kier alpha value is -3.40. The maximum Gasteiger partial charge on any atom is 0.269 e. The Labute approximate surface area is 250 Å². The molecule has 11 heteroatoms. The highest BCUT2D eigenvalue weighted by Crippen LogP contribution is 2.30. The first-order valence-electron chi connectivity index (χ1n) is 13.3. The standard InChI is InChI=1S/C30H31Cl2N3O5S/c1-3-20(2)33-29(37)26(18-21-9-5-4-6-10-21)34(19-22-13-14-24(31)25(32)17-22)28(36)15-16-35-30(38)23-11-7-8-12-27(23)41(35,39)40/h4-14,17,20,26H,3,15-16,18-19H2,1-2H3,(H,33,37)/t20-,26+/m1/s1. The summed E-state index contributed by atoms with van der Waals surface area (Å²) in [5, 5.41) is 3.63. The molecule has 8 nitrogen and oxygen atoms in total. The molecule has 1 N–H and O–H groups in total. The zero-order valence-corrected chi connectivity index (χ0v) is 25.0. The summed E-state index contributed by atoms with van der Waals surface area (Å²) in [5.41, 5.74) is 1.55. The molecule has 0 bridgehead atoms. The van der Waals surface area contributed by atoms with E-state index in [1.807, 2.05) is 44.2 Å². The van der Waals surface area contributed by atoms with Gasteiger partial charge in [0.15, 0.2) is 0 Å². The van der Waals surface area contributed by atoms with Crippen molar-refractivity contribution in [1.82, 2.24) is 14.5 Å².